The molecule has 0 bridgehead atoms. The average molecular weight is 276 g/mol. The van der Waals surface area contributed by atoms with Crippen LogP contribution in [0.1, 0.15) is 26.3 Å². The van der Waals surface area contributed by atoms with Gasteiger partial charge in [0.15, 0.2) is 0 Å². The van der Waals surface area contributed by atoms with Crippen molar-refractivity contribution in [1.29, 1.82) is 0 Å². The molecule has 0 radical (unpaired) electrons. The number of ether oxygens (including phenoxy) is 1. The quantitative estimate of drug-likeness (QED) is 0.670. The molecule has 0 aliphatic heterocycles. The molecule has 2 aromatic rings. The van der Waals surface area contributed by atoms with Crippen LogP contribution in [0.15, 0.2) is 34.7 Å². The fraction of sp³-hybridized carbons (Fsp3) is 0.286. The molecule has 0 fully saturated rings. The van der Waals surface area contributed by atoms with Crippen LogP contribution in [0.4, 0.5) is 4.79 Å². The molecule has 1 amide bonds. The van der Waals surface area contributed by atoms with Gasteiger partial charge >= 0.3 is 6.09 Å². The summed E-state index contributed by atoms with van der Waals surface area (Å²) in [6.07, 6.45) is 1.08. The first-order chi connectivity index (χ1) is 8.96. The smallest absolute Gasteiger partial charge is 0.428 e. The van der Waals surface area contributed by atoms with Gasteiger partial charge in [0, 0.05) is 21.0 Å². The van der Waals surface area contributed by atoms with Crippen LogP contribution in [-0.2, 0) is 4.74 Å². The highest BCUT2D eigenvalue weighted by atomic mass is 32.1. The zero-order valence-corrected chi connectivity index (χ0v) is 12.0. The number of thiophene rings is 1. The van der Waals surface area contributed by atoms with Crippen LogP contribution in [-0.4, -0.2) is 17.9 Å². The van der Waals surface area contributed by atoms with E-state index in [1.54, 1.807) is 17.6 Å². The van der Waals surface area contributed by atoms with Crippen molar-refractivity contribution in [2.45, 2.75) is 26.4 Å². The summed E-state index contributed by atoms with van der Waals surface area (Å²) in [6.45, 7) is 5.42. The Hall–Kier alpha value is -1.88. The topological polar surface area (TPSA) is 50.7 Å². The maximum Gasteiger partial charge on any atom is 0.428 e. The van der Waals surface area contributed by atoms with Crippen molar-refractivity contribution >= 4 is 33.7 Å². The zero-order chi connectivity index (χ0) is 13.9. The van der Waals surface area contributed by atoms with E-state index in [0.717, 1.165) is 10.9 Å². The maximum atomic E-state index is 11.4. The second-order valence-electron chi connectivity index (χ2n) is 5.06. The Morgan fingerprint density at radius 2 is 2.11 bits per heavy atom. The van der Waals surface area contributed by atoms with Gasteiger partial charge in [-0.15, -0.1) is 11.3 Å². The Bertz CT molecular complexity index is 611. The molecule has 1 aromatic carbocycles. The van der Waals surface area contributed by atoms with Gasteiger partial charge in [-0.25, -0.2) is 10.2 Å². The summed E-state index contributed by atoms with van der Waals surface area (Å²) >= 11 is 1.65. The van der Waals surface area contributed by atoms with Crippen molar-refractivity contribution in [3.8, 4) is 0 Å². The number of amides is 1. The van der Waals surface area contributed by atoms with Gasteiger partial charge in [0.1, 0.15) is 5.60 Å². The Kier molecular flexibility index (Phi) is 3.85. The van der Waals surface area contributed by atoms with E-state index in [4.69, 9.17) is 4.74 Å². The van der Waals surface area contributed by atoms with Gasteiger partial charge in [-0.05, 0) is 26.8 Å². The first-order valence-electron chi connectivity index (χ1n) is 5.94. The van der Waals surface area contributed by atoms with Crippen LogP contribution in [0.2, 0.25) is 0 Å². The number of fused-ring (bicyclic) bond motifs is 1. The van der Waals surface area contributed by atoms with Gasteiger partial charge in [0.25, 0.3) is 0 Å². The number of carbonyl (C=O) groups is 1. The SMILES string of the molecule is CC(C)(C)OC(=O)N/N=C/c1csc2ccccc12. The largest absolute Gasteiger partial charge is 0.443 e. The number of nitrogens with zero attached hydrogens (tertiary/aromatic N) is 1. The lowest BCUT2D eigenvalue weighted by atomic mass is 10.2. The average Bonchev–Trinajstić information content (AvgIpc) is 2.70. The van der Waals surface area contributed by atoms with E-state index in [1.807, 2.05) is 44.4 Å². The van der Waals surface area contributed by atoms with Crippen LogP contribution in [0.25, 0.3) is 10.1 Å². The van der Waals surface area contributed by atoms with Crippen LogP contribution in [0, 0.1) is 0 Å². The first-order valence-corrected chi connectivity index (χ1v) is 6.82. The van der Waals surface area contributed by atoms with E-state index < -0.39 is 11.7 Å². The summed E-state index contributed by atoms with van der Waals surface area (Å²) in [7, 11) is 0. The van der Waals surface area contributed by atoms with Crippen LogP contribution in [0.5, 0.6) is 0 Å². The van der Waals surface area contributed by atoms with E-state index in [0.29, 0.717) is 0 Å². The summed E-state index contributed by atoms with van der Waals surface area (Å²) in [5, 5.41) is 7.04. The molecule has 0 atom stereocenters. The lowest BCUT2D eigenvalue weighted by molar-refractivity contribution is 0.0529. The Morgan fingerprint density at radius 3 is 2.84 bits per heavy atom. The molecule has 1 aromatic heterocycles. The molecular formula is C14H16N2O2S. The van der Waals surface area contributed by atoms with Gasteiger partial charge in [-0.1, -0.05) is 18.2 Å². The van der Waals surface area contributed by atoms with E-state index in [2.05, 4.69) is 16.6 Å². The molecule has 0 aliphatic carbocycles. The Balaban J connectivity index is 2.01. The van der Waals surface area contributed by atoms with Gasteiger partial charge in [-0.3, -0.25) is 0 Å². The number of hydrazone groups is 1. The third-order valence-electron chi connectivity index (χ3n) is 2.27. The minimum absolute atomic E-state index is 0.519. The monoisotopic (exact) mass is 276 g/mol. The number of hydrogen-bond donors (Lipinski definition) is 1. The van der Waals surface area contributed by atoms with Gasteiger partial charge < -0.3 is 4.74 Å². The third kappa shape index (κ3) is 3.79. The maximum absolute atomic E-state index is 11.4. The fourth-order valence-electron chi connectivity index (χ4n) is 1.55. The summed E-state index contributed by atoms with van der Waals surface area (Å²) in [4.78, 5) is 11.4. The minimum Gasteiger partial charge on any atom is -0.443 e. The van der Waals surface area contributed by atoms with Crippen molar-refractivity contribution in [1.82, 2.24) is 5.43 Å². The lowest BCUT2D eigenvalue weighted by Crippen LogP contribution is -2.29. The normalized spacial score (nSPS) is 11.9. The second kappa shape index (κ2) is 5.40. The summed E-state index contributed by atoms with van der Waals surface area (Å²) < 4.78 is 6.28. The fourth-order valence-corrected chi connectivity index (χ4v) is 2.47. The number of nitrogens with one attached hydrogen (secondary N) is 1. The lowest BCUT2D eigenvalue weighted by Gasteiger charge is -2.18. The number of hydrogen-bond acceptors (Lipinski definition) is 4. The van der Waals surface area contributed by atoms with Crippen molar-refractivity contribution in [3.05, 3.63) is 35.2 Å². The predicted octanol–water partition coefficient (Wildman–Crippen LogP) is 3.76. The van der Waals surface area contributed by atoms with Crippen LogP contribution < -0.4 is 5.43 Å². The zero-order valence-electron chi connectivity index (χ0n) is 11.1. The van der Waals surface area contributed by atoms with E-state index in [9.17, 15) is 4.79 Å². The number of benzene rings is 1. The van der Waals surface area contributed by atoms with Crippen molar-refractivity contribution in [2.75, 3.05) is 0 Å². The standard InChI is InChI=1S/C14H16N2O2S/c1-14(2,3)18-13(17)16-15-8-10-9-19-12-7-5-4-6-11(10)12/h4-9H,1-3H3,(H,16,17)/b15-8+. The molecule has 0 saturated heterocycles. The Morgan fingerprint density at radius 1 is 1.37 bits per heavy atom. The molecule has 1 heterocycles. The molecule has 5 heteroatoms. The molecule has 19 heavy (non-hydrogen) atoms. The van der Waals surface area contributed by atoms with Crippen molar-refractivity contribution < 1.29 is 9.53 Å². The second-order valence-corrected chi connectivity index (χ2v) is 5.97. The summed E-state index contributed by atoms with van der Waals surface area (Å²) in [5.41, 5.74) is 2.82. The van der Waals surface area contributed by atoms with Gasteiger partial charge in [0.2, 0.25) is 0 Å². The number of rotatable bonds is 2. The van der Waals surface area contributed by atoms with Gasteiger partial charge in [-0.2, -0.15) is 5.10 Å². The number of carbonyl (C=O) groups excluding carboxylic acids is 1. The molecule has 4 nitrogen and oxygen atoms in total. The molecule has 1 N–H and O–H groups in total. The van der Waals surface area contributed by atoms with Crippen molar-refractivity contribution in [3.63, 3.8) is 0 Å². The van der Waals surface area contributed by atoms with E-state index in [-0.39, 0.29) is 0 Å². The summed E-state index contributed by atoms with van der Waals surface area (Å²) in [6, 6.07) is 8.06. The molecule has 100 valence electrons. The molecular weight excluding hydrogens is 260 g/mol. The summed E-state index contributed by atoms with van der Waals surface area (Å²) in [5.74, 6) is 0. The molecule has 0 saturated carbocycles. The highest BCUT2D eigenvalue weighted by molar-refractivity contribution is 7.17. The van der Waals surface area contributed by atoms with Crippen molar-refractivity contribution in [2.24, 2.45) is 5.10 Å². The molecule has 2 rings (SSSR count). The Labute approximate surface area is 116 Å². The van der Waals surface area contributed by atoms with E-state index >= 15 is 0 Å². The highest BCUT2D eigenvalue weighted by Crippen LogP contribution is 2.24. The predicted molar refractivity (Wildman–Crippen MR) is 78.8 cm³/mol. The molecule has 0 unspecified atom stereocenters. The third-order valence-corrected chi connectivity index (χ3v) is 3.25. The van der Waals surface area contributed by atoms with E-state index in [1.165, 1.54) is 4.70 Å². The highest BCUT2D eigenvalue weighted by Gasteiger charge is 2.15. The van der Waals surface area contributed by atoms with Crippen LogP contribution in [0.3, 0.4) is 0 Å². The molecule has 0 spiro atoms. The van der Waals surface area contributed by atoms with Crippen LogP contribution >= 0.6 is 11.3 Å². The first kappa shape index (κ1) is 13.5. The van der Waals surface area contributed by atoms with Gasteiger partial charge in [0.05, 0.1) is 6.21 Å². The minimum atomic E-state index is -0.553. The molecule has 0 aliphatic rings.